The highest BCUT2D eigenvalue weighted by atomic mass is 19.1. The fourth-order valence-electron chi connectivity index (χ4n) is 5.72. The Bertz CT molecular complexity index is 1430. The van der Waals surface area contributed by atoms with Gasteiger partial charge in [0.15, 0.2) is 0 Å². The highest BCUT2D eigenvalue weighted by Crippen LogP contribution is 2.44. The van der Waals surface area contributed by atoms with E-state index in [-0.39, 0.29) is 11.3 Å². The summed E-state index contributed by atoms with van der Waals surface area (Å²) in [6, 6.07) is 7.91. The van der Waals surface area contributed by atoms with Crippen LogP contribution in [0.2, 0.25) is 0 Å². The lowest BCUT2D eigenvalue weighted by atomic mass is 9.93. The average Bonchev–Trinajstić information content (AvgIpc) is 3.47. The third kappa shape index (κ3) is 3.62. The van der Waals surface area contributed by atoms with E-state index in [1.807, 2.05) is 19.1 Å². The number of H-pyrrole nitrogens is 1. The molecule has 8 heteroatoms. The average molecular weight is 489 g/mol. The zero-order valence-electron chi connectivity index (χ0n) is 21.1. The maximum atomic E-state index is 15.4. The van der Waals surface area contributed by atoms with Gasteiger partial charge in [0.25, 0.3) is 0 Å². The summed E-state index contributed by atoms with van der Waals surface area (Å²) in [5, 5.41) is 22.7. The molecule has 7 nitrogen and oxygen atoms in total. The Kier molecular flexibility index (Phi) is 5.80. The molecule has 4 heterocycles. The number of phenols is 1. The number of hydrogen-bond acceptors (Lipinski definition) is 5. The largest absolute Gasteiger partial charge is 0.507 e. The van der Waals surface area contributed by atoms with E-state index in [1.165, 1.54) is 11.8 Å². The fourth-order valence-corrected chi connectivity index (χ4v) is 5.72. The highest BCUT2D eigenvalue weighted by Gasteiger charge is 2.36. The van der Waals surface area contributed by atoms with Crippen molar-refractivity contribution in [2.45, 2.75) is 58.7 Å². The van der Waals surface area contributed by atoms with Crippen LogP contribution in [0, 0.1) is 5.82 Å². The summed E-state index contributed by atoms with van der Waals surface area (Å²) in [5.74, 6) is 0.394. The van der Waals surface area contributed by atoms with Crippen molar-refractivity contribution in [1.29, 1.82) is 0 Å². The molecule has 36 heavy (non-hydrogen) atoms. The summed E-state index contributed by atoms with van der Waals surface area (Å²) in [5.41, 5.74) is 5.52. The number of phenolic OH excluding ortho intramolecular Hbond substituents is 1. The first-order valence-corrected chi connectivity index (χ1v) is 13.0. The lowest BCUT2D eigenvalue weighted by Gasteiger charge is -2.44. The molecule has 3 N–H and O–H groups in total. The van der Waals surface area contributed by atoms with Gasteiger partial charge in [-0.25, -0.2) is 9.37 Å². The van der Waals surface area contributed by atoms with Crippen molar-refractivity contribution in [3.8, 4) is 28.3 Å². The van der Waals surface area contributed by atoms with Crippen LogP contribution in [-0.4, -0.2) is 55.4 Å². The summed E-state index contributed by atoms with van der Waals surface area (Å²) >= 11 is 0. The number of rotatable bonds is 6. The predicted molar refractivity (Wildman–Crippen MR) is 140 cm³/mol. The van der Waals surface area contributed by atoms with Gasteiger partial charge in [0, 0.05) is 60.8 Å². The number of nitrogens with zero attached hydrogens (tertiary/aromatic N) is 4. The van der Waals surface area contributed by atoms with Gasteiger partial charge >= 0.3 is 0 Å². The van der Waals surface area contributed by atoms with Gasteiger partial charge in [-0.2, -0.15) is 5.10 Å². The summed E-state index contributed by atoms with van der Waals surface area (Å²) in [6.07, 6.45) is 4.43. The van der Waals surface area contributed by atoms with Crippen LogP contribution in [0.25, 0.3) is 33.4 Å². The lowest BCUT2D eigenvalue weighted by Crippen LogP contribution is -2.52. The zero-order chi connectivity index (χ0) is 25.0. The van der Waals surface area contributed by atoms with Crippen LogP contribution in [0.1, 0.15) is 50.2 Å². The van der Waals surface area contributed by atoms with Crippen LogP contribution in [0.5, 0.6) is 5.75 Å². The SMILES string of the molecule is CCc1ccc(F)c(-c2cc3[nH]ncc3cc2-c2nc3c(n2C2CN(C(C)CC)C2)CCNC3)c1O. The zero-order valence-corrected chi connectivity index (χ0v) is 21.1. The Morgan fingerprint density at radius 2 is 2.03 bits per heavy atom. The maximum Gasteiger partial charge on any atom is 0.141 e. The Morgan fingerprint density at radius 1 is 1.19 bits per heavy atom. The van der Waals surface area contributed by atoms with E-state index in [1.54, 1.807) is 12.3 Å². The number of nitrogens with one attached hydrogen (secondary N) is 2. The molecule has 4 aromatic rings. The third-order valence-electron chi connectivity index (χ3n) is 8.07. The molecule has 188 valence electrons. The van der Waals surface area contributed by atoms with Gasteiger partial charge in [-0.3, -0.25) is 10.00 Å². The Hall–Kier alpha value is -3.23. The molecule has 1 unspecified atom stereocenters. The molecular weight excluding hydrogens is 455 g/mol. The van der Waals surface area contributed by atoms with Crippen LogP contribution in [0.4, 0.5) is 4.39 Å². The van der Waals surface area contributed by atoms with E-state index >= 15 is 4.39 Å². The molecule has 0 saturated carbocycles. The number of aryl methyl sites for hydroxylation is 1. The minimum absolute atomic E-state index is 0.00580. The molecule has 2 aliphatic heterocycles. The number of likely N-dealkylation sites (tertiary alicyclic amines) is 1. The van der Waals surface area contributed by atoms with E-state index in [0.29, 0.717) is 24.1 Å². The van der Waals surface area contributed by atoms with Gasteiger partial charge in [-0.05, 0) is 43.5 Å². The molecule has 0 aliphatic carbocycles. The van der Waals surface area contributed by atoms with Crippen LogP contribution in [-0.2, 0) is 19.4 Å². The maximum absolute atomic E-state index is 15.4. The molecule has 1 saturated heterocycles. The van der Waals surface area contributed by atoms with Crippen molar-refractivity contribution in [3.05, 3.63) is 53.2 Å². The smallest absolute Gasteiger partial charge is 0.141 e. The molecule has 2 aromatic heterocycles. The minimum atomic E-state index is -0.444. The van der Waals surface area contributed by atoms with Gasteiger partial charge in [0.2, 0.25) is 0 Å². The Labute approximate surface area is 210 Å². The first-order chi connectivity index (χ1) is 17.5. The molecule has 1 fully saturated rings. The number of fused-ring (bicyclic) bond motifs is 2. The second-order valence-corrected chi connectivity index (χ2v) is 10.1. The molecule has 6 rings (SSSR count). The number of imidazole rings is 1. The number of benzene rings is 2. The van der Waals surface area contributed by atoms with Gasteiger partial charge in [0.05, 0.1) is 29.0 Å². The second kappa shape index (κ2) is 9.01. The molecule has 0 radical (unpaired) electrons. The van der Waals surface area contributed by atoms with Crippen LogP contribution in [0.3, 0.4) is 0 Å². The topological polar surface area (TPSA) is 82.0 Å². The molecule has 1 atom stereocenters. The predicted octanol–water partition coefficient (Wildman–Crippen LogP) is 4.80. The quantitative estimate of drug-likeness (QED) is 0.363. The number of aromatic hydroxyl groups is 1. The summed E-state index contributed by atoms with van der Waals surface area (Å²) in [7, 11) is 0. The Morgan fingerprint density at radius 3 is 2.81 bits per heavy atom. The molecule has 0 bridgehead atoms. The van der Waals surface area contributed by atoms with E-state index < -0.39 is 5.82 Å². The fraction of sp³-hybridized carbons (Fsp3) is 0.429. The van der Waals surface area contributed by atoms with Crippen LogP contribution >= 0.6 is 0 Å². The standard InChI is InChI=1S/C28H33FN6O/c1-4-16(3)34-14-19(15-34)35-25-8-9-30-13-24(25)32-28(35)21-10-18-12-31-33-23(18)11-20(21)26-22(29)7-6-17(5-2)27(26)36/h6-7,10-12,16,19,30,36H,4-5,8-9,13-15H2,1-3H3,(H,31,33). The molecule has 2 aromatic carbocycles. The normalized spacial score (nSPS) is 17.3. The van der Waals surface area contributed by atoms with Crippen LogP contribution in [0.15, 0.2) is 30.5 Å². The highest BCUT2D eigenvalue weighted by molar-refractivity contribution is 5.95. The van der Waals surface area contributed by atoms with E-state index in [2.05, 4.69) is 38.8 Å². The monoisotopic (exact) mass is 488 g/mol. The molecular formula is C28H33FN6O. The Balaban J connectivity index is 1.57. The molecule has 2 aliphatic rings. The van der Waals surface area contributed by atoms with E-state index in [9.17, 15) is 5.11 Å². The third-order valence-corrected chi connectivity index (χ3v) is 8.07. The number of hydrogen-bond donors (Lipinski definition) is 3. The summed E-state index contributed by atoms with van der Waals surface area (Å²) in [6.45, 7) is 10.1. The first-order valence-electron chi connectivity index (χ1n) is 13.0. The van der Waals surface area contributed by atoms with Crippen LogP contribution < -0.4 is 5.32 Å². The van der Waals surface area contributed by atoms with E-state index in [4.69, 9.17) is 4.98 Å². The first kappa shape index (κ1) is 23.2. The minimum Gasteiger partial charge on any atom is -0.507 e. The lowest BCUT2D eigenvalue weighted by molar-refractivity contribution is 0.0642. The van der Waals surface area contributed by atoms with E-state index in [0.717, 1.165) is 72.6 Å². The molecule has 0 amide bonds. The van der Waals surface area contributed by atoms with Crippen molar-refractivity contribution < 1.29 is 9.50 Å². The van der Waals surface area contributed by atoms with Crippen molar-refractivity contribution >= 4 is 10.9 Å². The van der Waals surface area contributed by atoms with Crippen molar-refractivity contribution in [2.75, 3.05) is 19.6 Å². The van der Waals surface area contributed by atoms with Gasteiger partial charge in [0.1, 0.15) is 17.4 Å². The number of halogens is 1. The van der Waals surface area contributed by atoms with Gasteiger partial charge in [-0.15, -0.1) is 0 Å². The van der Waals surface area contributed by atoms with Gasteiger partial charge in [-0.1, -0.05) is 19.9 Å². The summed E-state index contributed by atoms with van der Waals surface area (Å²) < 4.78 is 17.8. The summed E-state index contributed by atoms with van der Waals surface area (Å²) in [4.78, 5) is 7.65. The molecule has 0 spiro atoms. The number of aromatic amines is 1. The van der Waals surface area contributed by atoms with Crippen molar-refractivity contribution in [1.82, 2.24) is 30.0 Å². The van der Waals surface area contributed by atoms with Crippen molar-refractivity contribution in [2.24, 2.45) is 0 Å². The number of aromatic nitrogens is 4. The van der Waals surface area contributed by atoms with Gasteiger partial charge < -0.3 is 15.0 Å². The van der Waals surface area contributed by atoms with Crippen molar-refractivity contribution in [3.63, 3.8) is 0 Å². The second-order valence-electron chi connectivity index (χ2n) is 10.1.